The molecule has 4 heteroatoms. The van der Waals surface area contributed by atoms with Crippen molar-refractivity contribution in [3.63, 3.8) is 0 Å². The maximum Gasteiger partial charge on any atom is 0.356 e. The minimum Gasteiger partial charge on any atom is -0.464 e. The molecule has 1 aromatic heterocycles. The van der Waals surface area contributed by atoms with Crippen LogP contribution < -0.4 is 5.73 Å². The number of pyridine rings is 1. The van der Waals surface area contributed by atoms with Crippen molar-refractivity contribution in [3.05, 3.63) is 36.2 Å². The van der Waals surface area contributed by atoms with Crippen LogP contribution in [0, 0.1) is 0 Å². The van der Waals surface area contributed by atoms with Gasteiger partial charge in [-0.1, -0.05) is 6.07 Å². The fraction of sp³-hybridized carbons (Fsp3) is 0.0909. The second kappa shape index (κ2) is 3.57. The van der Waals surface area contributed by atoms with Crippen LogP contribution in [0.4, 0.5) is 5.69 Å². The van der Waals surface area contributed by atoms with Crippen molar-refractivity contribution in [2.75, 3.05) is 12.8 Å². The highest BCUT2D eigenvalue weighted by Crippen LogP contribution is 2.17. The molecule has 0 amide bonds. The number of fused-ring (bicyclic) bond motifs is 1. The highest BCUT2D eigenvalue weighted by Gasteiger charge is 2.07. The van der Waals surface area contributed by atoms with E-state index in [9.17, 15) is 4.79 Å². The number of carbonyl (C=O) groups is 1. The van der Waals surface area contributed by atoms with Crippen molar-refractivity contribution in [2.45, 2.75) is 0 Å². The molecule has 0 saturated carbocycles. The van der Waals surface area contributed by atoms with Crippen LogP contribution in [0.1, 0.15) is 10.5 Å². The van der Waals surface area contributed by atoms with Crippen LogP contribution in [0.2, 0.25) is 0 Å². The Kier molecular flexibility index (Phi) is 2.25. The lowest BCUT2D eigenvalue weighted by Gasteiger charge is -2.01. The normalized spacial score (nSPS) is 10.2. The van der Waals surface area contributed by atoms with E-state index in [0.717, 1.165) is 10.8 Å². The first-order chi connectivity index (χ1) is 7.20. The molecule has 0 radical (unpaired) electrons. The van der Waals surface area contributed by atoms with Gasteiger partial charge in [0.15, 0.2) is 0 Å². The summed E-state index contributed by atoms with van der Waals surface area (Å²) in [7, 11) is 1.33. The third-order valence-electron chi connectivity index (χ3n) is 2.14. The lowest BCUT2D eigenvalue weighted by Crippen LogP contribution is -2.03. The van der Waals surface area contributed by atoms with Crippen LogP contribution in [-0.2, 0) is 4.74 Å². The maximum absolute atomic E-state index is 11.2. The Morgan fingerprint density at radius 3 is 2.87 bits per heavy atom. The highest BCUT2D eigenvalue weighted by molar-refractivity contribution is 5.93. The largest absolute Gasteiger partial charge is 0.464 e. The van der Waals surface area contributed by atoms with Gasteiger partial charge >= 0.3 is 5.97 Å². The van der Waals surface area contributed by atoms with Gasteiger partial charge < -0.3 is 10.5 Å². The smallest absolute Gasteiger partial charge is 0.356 e. The summed E-state index contributed by atoms with van der Waals surface area (Å²) in [6.45, 7) is 0. The number of esters is 1. The number of nitrogens with two attached hydrogens (primary N) is 1. The fourth-order valence-corrected chi connectivity index (χ4v) is 1.38. The number of nitrogen functional groups attached to an aromatic ring is 1. The number of nitrogens with zero attached hydrogens (tertiary/aromatic N) is 1. The molecule has 15 heavy (non-hydrogen) atoms. The number of ether oxygens (including phenoxy) is 1. The van der Waals surface area contributed by atoms with Gasteiger partial charge in [0, 0.05) is 17.3 Å². The molecule has 0 spiro atoms. The third kappa shape index (κ3) is 1.74. The topological polar surface area (TPSA) is 65.2 Å². The lowest BCUT2D eigenvalue weighted by molar-refractivity contribution is 0.0594. The molecule has 2 N–H and O–H groups in total. The predicted molar refractivity (Wildman–Crippen MR) is 57.5 cm³/mol. The first-order valence-electron chi connectivity index (χ1n) is 4.44. The Bertz CT molecular complexity index is 523. The Hall–Kier alpha value is -2.10. The number of hydrogen-bond acceptors (Lipinski definition) is 4. The van der Waals surface area contributed by atoms with Gasteiger partial charge in [-0.2, -0.15) is 0 Å². The summed E-state index contributed by atoms with van der Waals surface area (Å²) in [5.74, 6) is -0.436. The molecule has 0 saturated heterocycles. The number of anilines is 1. The van der Waals surface area contributed by atoms with Crippen LogP contribution in [-0.4, -0.2) is 18.1 Å². The average molecular weight is 202 g/mol. The van der Waals surface area contributed by atoms with Crippen LogP contribution in [0.5, 0.6) is 0 Å². The van der Waals surface area contributed by atoms with Gasteiger partial charge in [-0.3, -0.25) is 0 Å². The molecule has 1 heterocycles. The van der Waals surface area contributed by atoms with Crippen LogP contribution in [0.15, 0.2) is 30.5 Å². The van der Waals surface area contributed by atoms with Gasteiger partial charge in [0.05, 0.1) is 7.11 Å². The van der Waals surface area contributed by atoms with E-state index in [1.54, 1.807) is 18.3 Å². The number of carbonyl (C=O) groups excluding carboxylic acids is 1. The van der Waals surface area contributed by atoms with Crippen molar-refractivity contribution < 1.29 is 9.53 Å². The number of benzene rings is 1. The zero-order valence-corrected chi connectivity index (χ0v) is 8.23. The molecule has 2 rings (SSSR count). The zero-order chi connectivity index (χ0) is 10.8. The monoisotopic (exact) mass is 202 g/mol. The Morgan fingerprint density at radius 1 is 1.33 bits per heavy atom. The molecule has 0 aliphatic rings. The van der Waals surface area contributed by atoms with E-state index in [2.05, 4.69) is 9.72 Å². The van der Waals surface area contributed by atoms with E-state index in [4.69, 9.17) is 5.73 Å². The summed E-state index contributed by atoms with van der Waals surface area (Å²) in [4.78, 5) is 15.2. The predicted octanol–water partition coefficient (Wildman–Crippen LogP) is 1.60. The molecule has 0 bridgehead atoms. The third-order valence-corrected chi connectivity index (χ3v) is 2.14. The molecular formula is C11H10N2O2. The maximum atomic E-state index is 11.2. The van der Waals surface area contributed by atoms with E-state index in [1.807, 2.05) is 12.1 Å². The minimum atomic E-state index is -0.436. The molecule has 4 nitrogen and oxygen atoms in total. The lowest BCUT2D eigenvalue weighted by atomic mass is 10.1. The molecule has 0 fully saturated rings. The van der Waals surface area contributed by atoms with Crippen molar-refractivity contribution in [3.8, 4) is 0 Å². The molecule has 76 valence electrons. The zero-order valence-electron chi connectivity index (χ0n) is 8.23. The fourth-order valence-electron chi connectivity index (χ4n) is 1.38. The molecular weight excluding hydrogens is 192 g/mol. The number of hydrogen-bond donors (Lipinski definition) is 1. The van der Waals surface area contributed by atoms with Crippen molar-refractivity contribution in [2.24, 2.45) is 0 Å². The second-order valence-corrected chi connectivity index (χ2v) is 3.17. The van der Waals surface area contributed by atoms with Crippen LogP contribution in [0.25, 0.3) is 10.8 Å². The van der Waals surface area contributed by atoms with E-state index < -0.39 is 5.97 Å². The van der Waals surface area contributed by atoms with E-state index >= 15 is 0 Å². The van der Waals surface area contributed by atoms with Crippen molar-refractivity contribution in [1.82, 2.24) is 4.98 Å². The van der Waals surface area contributed by atoms with Crippen LogP contribution >= 0.6 is 0 Å². The first-order valence-corrected chi connectivity index (χ1v) is 4.44. The molecule has 0 unspecified atom stereocenters. The highest BCUT2D eigenvalue weighted by atomic mass is 16.5. The van der Waals surface area contributed by atoms with Gasteiger partial charge in [0.2, 0.25) is 0 Å². The first kappa shape index (κ1) is 9.45. The molecule has 0 atom stereocenters. The van der Waals surface area contributed by atoms with E-state index in [0.29, 0.717) is 11.4 Å². The second-order valence-electron chi connectivity index (χ2n) is 3.17. The van der Waals surface area contributed by atoms with Crippen LogP contribution in [0.3, 0.4) is 0 Å². The average Bonchev–Trinajstić information content (AvgIpc) is 2.27. The summed E-state index contributed by atoms with van der Waals surface area (Å²) >= 11 is 0. The van der Waals surface area contributed by atoms with Crippen molar-refractivity contribution in [1.29, 1.82) is 0 Å². The van der Waals surface area contributed by atoms with E-state index in [1.165, 1.54) is 7.11 Å². The summed E-state index contributed by atoms with van der Waals surface area (Å²) in [6, 6.07) is 7.12. The Balaban J connectivity index is 2.57. The van der Waals surface area contributed by atoms with Gasteiger partial charge in [0.1, 0.15) is 5.69 Å². The van der Waals surface area contributed by atoms with E-state index in [-0.39, 0.29) is 0 Å². The molecule has 0 aliphatic carbocycles. The number of aromatic nitrogens is 1. The molecule has 2 aromatic rings. The summed E-state index contributed by atoms with van der Waals surface area (Å²) < 4.78 is 4.58. The van der Waals surface area contributed by atoms with Gasteiger partial charge in [-0.25, -0.2) is 9.78 Å². The quantitative estimate of drug-likeness (QED) is 0.563. The summed E-state index contributed by atoms with van der Waals surface area (Å²) in [5.41, 5.74) is 6.61. The molecule has 1 aromatic carbocycles. The van der Waals surface area contributed by atoms with Gasteiger partial charge in [-0.05, 0) is 23.6 Å². The Labute approximate surface area is 86.7 Å². The van der Waals surface area contributed by atoms with Gasteiger partial charge in [0.25, 0.3) is 0 Å². The SMILES string of the molecule is COC(=O)c1cc2ccc(N)cc2cn1. The molecule has 0 aliphatic heterocycles. The summed E-state index contributed by atoms with van der Waals surface area (Å²) in [6.07, 6.45) is 1.61. The van der Waals surface area contributed by atoms with Crippen molar-refractivity contribution >= 4 is 22.4 Å². The number of methoxy groups -OCH3 is 1. The standard InChI is InChI=1S/C11H10N2O2/c1-15-11(14)10-5-7-2-3-9(12)4-8(7)6-13-10/h2-6H,12H2,1H3. The van der Waals surface area contributed by atoms with Gasteiger partial charge in [-0.15, -0.1) is 0 Å². The Morgan fingerprint density at radius 2 is 2.13 bits per heavy atom. The number of rotatable bonds is 1. The summed E-state index contributed by atoms with van der Waals surface area (Å²) in [5, 5.41) is 1.82. The minimum absolute atomic E-state index is 0.301.